The van der Waals surface area contributed by atoms with E-state index in [0.29, 0.717) is 6.42 Å². The number of nitrogens with zero attached hydrogens (tertiary/aromatic N) is 1. The van der Waals surface area contributed by atoms with Crippen molar-refractivity contribution in [2.24, 2.45) is 0 Å². The smallest absolute Gasteiger partial charge is 0.322 e. The standard InChI is InChI=1S/C18H16FN3O3S/c19-12-4-1-2-5-13(12)20-15(23)10-22-16(24)18(21-17(22)25)8-3-6-14-11(18)7-9-26-14/h1-2,4-5,7,9H,3,6,8,10H2,(H,20,23)(H,21,25)/t18-/m0/s1. The summed E-state index contributed by atoms with van der Waals surface area (Å²) >= 11 is 1.56. The van der Waals surface area contributed by atoms with Crippen molar-refractivity contribution in [3.63, 3.8) is 0 Å². The molecule has 0 bridgehead atoms. The number of fused-ring (bicyclic) bond motifs is 2. The van der Waals surface area contributed by atoms with Gasteiger partial charge in [0.25, 0.3) is 5.91 Å². The van der Waals surface area contributed by atoms with Crippen LogP contribution in [0, 0.1) is 5.82 Å². The van der Waals surface area contributed by atoms with E-state index in [0.717, 1.165) is 28.2 Å². The van der Waals surface area contributed by atoms with E-state index in [1.54, 1.807) is 17.4 Å². The van der Waals surface area contributed by atoms with Crippen LogP contribution in [0.4, 0.5) is 14.9 Å². The minimum Gasteiger partial charge on any atom is -0.322 e. The number of nitrogens with one attached hydrogen (secondary N) is 2. The van der Waals surface area contributed by atoms with E-state index in [-0.39, 0.29) is 5.69 Å². The zero-order valence-electron chi connectivity index (χ0n) is 13.8. The van der Waals surface area contributed by atoms with E-state index < -0.39 is 35.7 Å². The second-order valence-corrected chi connectivity index (χ2v) is 7.37. The number of amides is 4. The number of thiophene rings is 1. The molecule has 1 aliphatic carbocycles. The molecule has 0 radical (unpaired) electrons. The number of hydrogen-bond acceptors (Lipinski definition) is 4. The Morgan fingerprint density at radius 1 is 1.31 bits per heavy atom. The number of carbonyl (C=O) groups is 3. The maximum absolute atomic E-state index is 13.7. The number of imide groups is 1. The Morgan fingerprint density at radius 2 is 2.12 bits per heavy atom. The number of para-hydroxylation sites is 1. The van der Waals surface area contributed by atoms with Gasteiger partial charge in [-0.05, 0) is 42.8 Å². The third-order valence-electron chi connectivity index (χ3n) is 4.79. The SMILES string of the molecule is O=C(CN1C(=O)N[C@]2(CCCc3sccc32)C1=O)Nc1ccccc1F. The molecule has 1 spiro atoms. The van der Waals surface area contributed by atoms with Crippen LogP contribution in [0.25, 0.3) is 0 Å². The molecule has 2 N–H and O–H groups in total. The minimum absolute atomic E-state index is 0.0112. The molecule has 0 unspecified atom stereocenters. The average Bonchev–Trinajstić information content (AvgIpc) is 3.18. The van der Waals surface area contributed by atoms with E-state index in [2.05, 4.69) is 10.6 Å². The summed E-state index contributed by atoms with van der Waals surface area (Å²) in [4.78, 5) is 39.6. The van der Waals surface area contributed by atoms with Crippen molar-refractivity contribution >= 4 is 34.9 Å². The molecule has 2 aromatic rings. The van der Waals surface area contributed by atoms with Crippen molar-refractivity contribution in [3.05, 3.63) is 52.0 Å². The van der Waals surface area contributed by atoms with Crippen LogP contribution in [-0.2, 0) is 21.5 Å². The van der Waals surface area contributed by atoms with Gasteiger partial charge in [-0.15, -0.1) is 11.3 Å². The Labute approximate surface area is 153 Å². The zero-order valence-corrected chi connectivity index (χ0v) is 14.6. The monoisotopic (exact) mass is 373 g/mol. The van der Waals surface area contributed by atoms with Crippen LogP contribution in [-0.4, -0.2) is 29.3 Å². The van der Waals surface area contributed by atoms with Crippen molar-refractivity contribution < 1.29 is 18.8 Å². The normalized spacial score (nSPS) is 21.7. The quantitative estimate of drug-likeness (QED) is 0.812. The fraction of sp³-hybridized carbons (Fsp3) is 0.278. The van der Waals surface area contributed by atoms with Crippen molar-refractivity contribution in [3.8, 4) is 0 Å². The topological polar surface area (TPSA) is 78.5 Å². The number of rotatable bonds is 3. The first-order valence-electron chi connectivity index (χ1n) is 8.26. The molecule has 0 saturated carbocycles. The number of urea groups is 1. The molecule has 1 fully saturated rings. The molecular weight excluding hydrogens is 357 g/mol. The van der Waals surface area contributed by atoms with Crippen LogP contribution in [0.2, 0.25) is 0 Å². The van der Waals surface area contributed by atoms with Crippen LogP contribution in [0.1, 0.15) is 23.3 Å². The number of carbonyl (C=O) groups excluding carboxylic acids is 3. The first-order valence-corrected chi connectivity index (χ1v) is 9.14. The van der Waals surface area contributed by atoms with Crippen LogP contribution in [0.3, 0.4) is 0 Å². The molecule has 6 nitrogen and oxygen atoms in total. The van der Waals surface area contributed by atoms with E-state index in [1.807, 2.05) is 11.4 Å². The van der Waals surface area contributed by atoms with Gasteiger partial charge in [0, 0.05) is 10.4 Å². The van der Waals surface area contributed by atoms with Gasteiger partial charge < -0.3 is 10.6 Å². The van der Waals surface area contributed by atoms with Gasteiger partial charge in [0.05, 0.1) is 5.69 Å². The van der Waals surface area contributed by atoms with Crippen LogP contribution in [0.15, 0.2) is 35.7 Å². The zero-order chi connectivity index (χ0) is 18.3. The van der Waals surface area contributed by atoms with Gasteiger partial charge >= 0.3 is 6.03 Å². The molecule has 1 saturated heterocycles. The lowest BCUT2D eigenvalue weighted by Crippen LogP contribution is -2.46. The predicted molar refractivity (Wildman–Crippen MR) is 94.2 cm³/mol. The molecule has 1 aliphatic heterocycles. The molecule has 8 heteroatoms. The number of hydrogen-bond donors (Lipinski definition) is 2. The van der Waals surface area contributed by atoms with Crippen molar-refractivity contribution in [1.82, 2.24) is 10.2 Å². The maximum Gasteiger partial charge on any atom is 0.325 e. The molecule has 2 aliphatic rings. The summed E-state index contributed by atoms with van der Waals surface area (Å²) in [7, 11) is 0. The lowest BCUT2D eigenvalue weighted by Gasteiger charge is -2.31. The minimum atomic E-state index is -1.08. The Hall–Kier alpha value is -2.74. The number of halogens is 1. The Bertz CT molecular complexity index is 913. The summed E-state index contributed by atoms with van der Waals surface area (Å²) in [5.74, 6) is -1.63. The molecule has 134 valence electrons. The second kappa shape index (κ2) is 6.21. The summed E-state index contributed by atoms with van der Waals surface area (Å²) in [5.41, 5.74) is -0.246. The number of aryl methyl sites for hydroxylation is 1. The Morgan fingerprint density at radius 3 is 2.92 bits per heavy atom. The van der Waals surface area contributed by atoms with Gasteiger partial charge in [-0.25, -0.2) is 9.18 Å². The lowest BCUT2D eigenvalue weighted by atomic mass is 9.80. The summed E-state index contributed by atoms with van der Waals surface area (Å²) in [6, 6.07) is 6.99. The van der Waals surface area contributed by atoms with E-state index >= 15 is 0 Å². The number of benzene rings is 1. The lowest BCUT2D eigenvalue weighted by molar-refractivity contribution is -0.134. The molecule has 1 aromatic carbocycles. The Kier molecular flexibility index (Phi) is 3.99. The summed E-state index contributed by atoms with van der Waals surface area (Å²) in [6.45, 7) is -0.458. The highest BCUT2D eigenvalue weighted by atomic mass is 32.1. The van der Waals surface area contributed by atoms with Gasteiger partial charge in [-0.2, -0.15) is 0 Å². The van der Waals surface area contributed by atoms with E-state index in [9.17, 15) is 18.8 Å². The van der Waals surface area contributed by atoms with E-state index in [1.165, 1.54) is 18.2 Å². The summed E-state index contributed by atoms with van der Waals surface area (Å²) in [6.07, 6.45) is 2.17. The van der Waals surface area contributed by atoms with Crippen LogP contribution in [0.5, 0.6) is 0 Å². The van der Waals surface area contributed by atoms with Gasteiger partial charge in [0.15, 0.2) is 0 Å². The largest absolute Gasteiger partial charge is 0.325 e. The molecule has 26 heavy (non-hydrogen) atoms. The van der Waals surface area contributed by atoms with Crippen molar-refractivity contribution in [2.75, 3.05) is 11.9 Å². The summed E-state index contributed by atoms with van der Waals surface area (Å²) < 4.78 is 13.7. The molecule has 2 heterocycles. The van der Waals surface area contributed by atoms with E-state index in [4.69, 9.17) is 0 Å². The summed E-state index contributed by atoms with van der Waals surface area (Å²) in [5, 5.41) is 7.09. The highest BCUT2D eigenvalue weighted by Gasteiger charge is 2.54. The highest BCUT2D eigenvalue weighted by molar-refractivity contribution is 7.10. The first-order chi connectivity index (χ1) is 12.5. The van der Waals surface area contributed by atoms with Gasteiger partial charge in [0.2, 0.25) is 5.91 Å². The molecular formula is C18H16FN3O3S. The van der Waals surface area contributed by atoms with Gasteiger partial charge in [-0.3, -0.25) is 14.5 Å². The third-order valence-corrected chi connectivity index (χ3v) is 5.77. The third kappa shape index (κ3) is 2.57. The van der Waals surface area contributed by atoms with Crippen molar-refractivity contribution in [1.29, 1.82) is 0 Å². The van der Waals surface area contributed by atoms with Crippen molar-refractivity contribution in [2.45, 2.75) is 24.8 Å². The average molecular weight is 373 g/mol. The molecule has 1 atom stereocenters. The van der Waals surface area contributed by atoms with Gasteiger partial charge in [-0.1, -0.05) is 12.1 Å². The molecule has 1 aromatic heterocycles. The maximum atomic E-state index is 13.7. The second-order valence-electron chi connectivity index (χ2n) is 6.37. The first kappa shape index (κ1) is 16.7. The van der Waals surface area contributed by atoms with Gasteiger partial charge in [0.1, 0.15) is 17.9 Å². The molecule has 4 rings (SSSR count). The predicted octanol–water partition coefficient (Wildman–Crippen LogP) is 2.61. The fourth-order valence-corrected chi connectivity index (χ4v) is 4.58. The molecule has 4 amide bonds. The Balaban J connectivity index is 1.54. The fourth-order valence-electron chi connectivity index (χ4n) is 3.58. The van der Waals surface area contributed by atoms with Crippen LogP contribution < -0.4 is 10.6 Å². The number of anilines is 1. The highest BCUT2D eigenvalue weighted by Crippen LogP contribution is 2.42. The van der Waals surface area contributed by atoms with Crippen LogP contribution >= 0.6 is 11.3 Å².